The molecule has 2 aromatic carbocycles. The standard InChI is InChI=1S/C24H24F3N7O2/c1-31-7-9-33(10-8-31)24(35)34(18-6-5-16-13-28-32(2)20(16)12-18)14-17-4-3-15(11-19(17)25)22-29-30-23(36-22)21(26)27/h3-6,11-13,21H,7-10,14H2,1-2H3. The molecule has 3 heterocycles. The van der Waals surface area contributed by atoms with Gasteiger partial charge >= 0.3 is 12.5 Å². The van der Waals surface area contributed by atoms with E-state index in [9.17, 15) is 13.6 Å². The molecule has 36 heavy (non-hydrogen) atoms. The fourth-order valence-corrected chi connectivity index (χ4v) is 4.16. The summed E-state index contributed by atoms with van der Waals surface area (Å²) in [6.45, 7) is 2.57. The summed E-state index contributed by atoms with van der Waals surface area (Å²) in [5.74, 6) is -1.66. The van der Waals surface area contributed by atoms with Crippen LogP contribution >= 0.6 is 0 Å². The maximum Gasteiger partial charge on any atom is 0.324 e. The van der Waals surface area contributed by atoms with Crippen molar-refractivity contribution in [3.05, 3.63) is 59.9 Å². The highest BCUT2D eigenvalue weighted by Crippen LogP contribution is 2.28. The number of hydrogen-bond acceptors (Lipinski definition) is 6. The number of carbonyl (C=O) groups excluding carboxylic acids is 1. The van der Waals surface area contributed by atoms with Crippen LogP contribution in [-0.2, 0) is 13.6 Å². The third-order valence-corrected chi connectivity index (χ3v) is 6.30. The average Bonchev–Trinajstić information content (AvgIpc) is 3.51. The topological polar surface area (TPSA) is 83.5 Å². The summed E-state index contributed by atoms with van der Waals surface area (Å²) in [5.41, 5.74) is 1.87. The Kier molecular flexibility index (Phi) is 6.35. The molecule has 5 rings (SSSR count). The number of nitrogens with zero attached hydrogens (tertiary/aromatic N) is 7. The van der Waals surface area contributed by atoms with E-state index < -0.39 is 18.1 Å². The van der Waals surface area contributed by atoms with Gasteiger partial charge in [0, 0.05) is 55.4 Å². The summed E-state index contributed by atoms with van der Waals surface area (Å²) in [6.07, 6.45) is -1.18. The van der Waals surface area contributed by atoms with Gasteiger partial charge in [0.05, 0.1) is 18.3 Å². The summed E-state index contributed by atoms with van der Waals surface area (Å²) in [5, 5.41) is 12.0. The first-order valence-corrected chi connectivity index (χ1v) is 11.4. The first-order valence-electron chi connectivity index (χ1n) is 11.4. The maximum atomic E-state index is 15.2. The number of anilines is 1. The van der Waals surface area contributed by atoms with E-state index in [1.54, 1.807) is 15.8 Å². The number of halogens is 3. The van der Waals surface area contributed by atoms with Gasteiger partial charge in [0.2, 0.25) is 5.89 Å². The largest absolute Gasteiger partial charge is 0.415 e. The normalized spacial score (nSPS) is 14.7. The van der Waals surface area contributed by atoms with Crippen molar-refractivity contribution >= 4 is 22.6 Å². The molecule has 0 spiro atoms. The molecule has 2 aromatic heterocycles. The van der Waals surface area contributed by atoms with E-state index in [1.165, 1.54) is 17.0 Å². The second kappa shape index (κ2) is 9.61. The van der Waals surface area contributed by atoms with Gasteiger partial charge in [-0.15, -0.1) is 10.2 Å². The van der Waals surface area contributed by atoms with Gasteiger partial charge in [0.25, 0.3) is 5.89 Å². The Morgan fingerprint density at radius 1 is 1.08 bits per heavy atom. The molecular formula is C24H24F3N7O2. The predicted molar refractivity (Wildman–Crippen MR) is 126 cm³/mol. The fraction of sp³-hybridized carbons (Fsp3) is 0.333. The molecule has 0 atom stereocenters. The number of aromatic nitrogens is 4. The summed E-state index contributed by atoms with van der Waals surface area (Å²) in [7, 11) is 3.81. The SMILES string of the molecule is CN1CCN(C(=O)N(Cc2ccc(-c3nnc(C(F)F)o3)cc2F)c2ccc3cnn(C)c3c2)CC1. The van der Waals surface area contributed by atoms with Crippen LogP contribution in [0, 0.1) is 5.82 Å². The number of benzene rings is 2. The Bertz CT molecular complexity index is 1400. The number of fused-ring (bicyclic) bond motifs is 1. The summed E-state index contributed by atoms with van der Waals surface area (Å²) in [4.78, 5) is 19.1. The number of rotatable bonds is 5. The van der Waals surface area contributed by atoms with Crippen LogP contribution in [0.5, 0.6) is 0 Å². The number of urea groups is 1. The highest BCUT2D eigenvalue weighted by atomic mass is 19.3. The van der Waals surface area contributed by atoms with Gasteiger partial charge in [-0.1, -0.05) is 6.07 Å². The van der Waals surface area contributed by atoms with Crippen molar-refractivity contribution in [2.45, 2.75) is 13.0 Å². The average molecular weight is 499 g/mol. The van der Waals surface area contributed by atoms with Crippen molar-refractivity contribution in [1.82, 2.24) is 29.8 Å². The highest BCUT2D eigenvalue weighted by molar-refractivity contribution is 5.94. The zero-order valence-electron chi connectivity index (χ0n) is 19.7. The van der Waals surface area contributed by atoms with E-state index in [0.29, 0.717) is 18.8 Å². The van der Waals surface area contributed by atoms with Crippen molar-refractivity contribution in [2.24, 2.45) is 7.05 Å². The van der Waals surface area contributed by atoms with Crippen molar-refractivity contribution in [2.75, 3.05) is 38.1 Å². The molecule has 9 nitrogen and oxygen atoms in total. The first kappa shape index (κ1) is 23.8. The van der Waals surface area contributed by atoms with Crippen molar-refractivity contribution in [3.63, 3.8) is 0 Å². The van der Waals surface area contributed by atoms with Gasteiger partial charge in [0.1, 0.15) is 5.82 Å². The second-order valence-electron chi connectivity index (χ2n) is 8.72. The Labute approximate surface area is 204 Å². The van der Waals surface area contributed by atoms with E-state index in [2.05, 4.69) is 20.2 Å². The minimum absolute atomic E-state index is 0.0350. The molecule has 12 heteroatoms. The second-order valence-corrected chi connectivity index (χ2v) is 8.72. The highest BCUT2D eigenvalue weighted by Gasteiger charge is 2.27. The Morgan fingerprint density at radius 2 is 1.86 bits per heavy atom. The van der Waals surface area contributed by atoms with Gasteiger partial charge in [-0.25, -0.2) is 9.18 Å². The Hall–Kier alpha value is -3.93. The van der Waals surface area contributed by atoms with Crippen LogP contribution in [0.2, 0.25) is 0 Å². The number of hydrogen-bond donors (Lipinski definition) is 0. The number of likely N-dealkylation sites (N-methyl/N-ethyl adjacent to an activating group) is 1. The molecule has 1 saturated heterocycles. The van der Waals surface area contributed by atoms with E-state index in [4.69, 9.17) is 4.42 Å². The van der Waals surface area contributed by atoms with Crippen LogP contribution < -0.4 is 4.90 Å². The molecule has 0 radical (unpaired) electrons. The zero-order chi connectivity index (χ0) is 25.4. The molecule has 0 saturated carbocycles. The number of alkyl halides is 2. The molecule has 188 valence electrons. The smallest absolute Gasteiger partial charge is 0.324 e. The van der Waals surface area contributed by atoms with E-state index in [-0.39, 0.29) is 29.6 Å². The van der Waals surface area contributed by atoms with Crippen LogP contribution in [0.3, 0.4) is 0 Å². The summed E-state index contributed by atoms with van der Waals surface area (Å²) >= 11 is 0. The van der Waals surface area contributed by atoms with Gasteiger partial charge in [-0.3, -0.25) is 9.58 Å². The third kappa shape index (κ3) is 4.63. The van der Waals surface area contributed by atoms with Crippen LogP contribution in [0.4, 0.5) is 23.7 Å². The molecule has 0 aliphatic carbocycles. The molecule has 0 N–H and O–H groups in total. The number of piperazine rings is 1. The lowest BCUT2D eigenvalue weighted by atomic mass is 10.1. The van der Waals surface area contributed by atoms with Crippen molar-refractivity contribution in [3.8, 4) is 11.5 Å². The predicted octanol–water partition coefficient (Wildman–Crippen LogP) is 4.07. The molecule has 1 aliphatic heterocycles. The van der Waals surface area contributed by atoms with Crippen molar-refractivity contribution < 1.29 is 22.4 Å². The first-order chi connectivity index (χ1) is 17.3. The van der Waals surface area contributed by atoms with Gasteiger partial charge in [-0.05, 0) is 37.4 Å². The van der Waals surface area contributed by atoms with Crippen molar-refractivity contribution in [1.29, 1.82) is 0 Å². The molecule has 4 aromatic rings. The third-order valence-electron chi connectivity index (χ3n) is 6.30. The fourth-order valence-electron chi connectivity index (χ4n) is 4.16. The van der Waals surface area contributed by atoms with Crippen LogP contribution in [-0.4, -0.2) is 69.0 Å². The molecule has 1 fully saturated rings. The van der Waals surface area contributed by atoms with E-state index >= 15 is 4.39 Å². The van der Waals surface area contributed by atoms with Gasteiger partial charge in [0.15, 0.2) is 0 Å². The Balaban J connectivity index is 1.47. The summed E-state index contributed by atoms with van der Waals surface area (Å²) < 4.78 is 47.4. The minimum atomic E-state index is -2.92. The van der Waals surface area contributed by atoms with Crippen LogP contribution in [0.1, 0.15) is 17.9 Å². The summed E-state index contributed by atoms with van der Waals surface area (Å²) in [6, 6.07) is 9.44. The molecular weight excluding hydrogens is 475 g/mol. The van der Waals surface area contributed by atoms with Gasteiger partial charge in [-0.2, -0.15) is 13.9 Å². The van der Waals surface area contributed by atoms with Crippen LogP contribution in [0.25, 0.3) is 22.4 Å². The lowest BCUT2D eigenvalue weighted by Crippen LogP contribution is -2.52. The maximum absolute atomic E-state index is 15.2. The number of carbonyl (C=O) groups is 1. The molecule has 0 unspecified atom stereocenters. The minimum Gasteiger partial charge on any atom is -0.415 e. The molecule has 1 aliphatic rings. The van der Waals surface area contributed by atoms with Crippen LogP contribution in [0.15, 0.2) is 47.0 Å². The zero-order valence-corrected chi connectivity index (χ0v) is 19.7. The van der Waals surface area contributed by atoms with Gasteiger partial charge < -0.3 is 14.2 Å². The monoisotopic (exact) mass is 499 g/mol. The number of amides is 2. The van der Waals surface area contributed by atoms with E-state index in [0.717, 1.165) is 30.1 Å². The van der Waals surface area contributed by atoms with E-state index in [1.807, 2.05) is 32.3 Å². The quantitative estimate of drug-likeness (QED) is 0.412. The lowest BCUT2D eigenvalue weighted by molar-refractivity contribution is 0.116. The lowest BCUT2D eigenvalue weighted by Gasteiger charge is -2.36. The Morgan fingerprint density at radius 3 is 2.56 bits per heavy atom. The molecule has 2 amide bonds. The molecule has 0 bridgehead atoms. The number of aryl methyl sites for hydroxylation is 1.